The average Bonchev–Trinajstić information content (AvgIpc) is 3.01. The number of morpholine rings is 1. The van der Waals surface area contributed by atoms with Gasteiger partial charge >= 0.3 is 0 Å². The van der Waals surface area contributed by atoms with Gasteiger partial charge in [-0.05, 0) is 18.6 Å². The smallest absolute Gasteiger partial charge is 0.279 e. The second-order valence-electron chi connectivity index (χ2n) is 7.86. The fourth-order valence-electron chi connectivity index (χ4n) is 4.11. The minimum Gasteiger partial charge on any atom is -0.378 e. The number of amides is 2. The second kappa shape index (κ2) is 9.73. The first-order valence-corrected chi connectivity index (χ1v) is 11.0. The maximum absolute atomic E-state index is 12.7. The van der Waals surface area contributed by atoms with E-state index in [2.05, 4.69) is 52.8 Å². The van der Waals surface area contributed by atoms with Crippen LogP contribution >= 0.6 is 11.6 Å². The van der Waals surface area contributed by atoms with Crippen LogP contribution in [0.3, 0.4) is 0 Å². The minimum atomic E-state index is -0.464. The molecule has 1 aromatic rings. The summed E-state index contributed by atoms with van der Waals surface area (Å²) in [5.41, 5.74) is 2.86. The molecule has 0 atom stereocenters. The molecule has 0 unspecified atom stereocenters. The Balaban J connectivity index is 1.27. The Hall–Kier alpha value is -2.53. The van der Waals surface area contributed by atoms with E-state index >= 15 is 0 Å². The molecule has 4 rings (SSSR count). The summed E-state index contributed by atoms with van der Waals surface area (Å²) in [6.45, 7) is 8.74. The van der Waals surface area contributed by atoms with Gasteiger partial charge in [-0.15, -0.1) is 0 Å². The SMILES string of the molecule is Cc1ccccc1N1CCN(CC#CCN2C(=O)C(Cl)=C(N3CCOCC3)C2=O)CC1. The maximum Gasteiger partial charge on any atom is 0.279 e. The van der Waals surface area contributed by atoms with Crippen molar-refractivity contribution < 1.29 is 14.3 Å². The quantitative estimate of drug-likeness (QED) is 0.517. The molecule has 0 spiro atoms. The lowest BCUT2D eigenvalue weighted by molar-refractivity contribution is -0.137. The molecule has 3 heterocycles. The summed E-state index contributed by atoms with van der Waals surface area (Å²) in [6.07, 6.45) is 0. The lowest BCUT2D eigenvalue weighted by atomic mass is 10.1. The van der Waals surface area contributed by atoms with Crippen molar-refractivity contribution in [3.05, 3.63) is 40.6 Å². The first kappa shape index (κ1) is 21.7. The highest BCUT2D eigenvalue weighted by Crippen LogP contribution is 2.27. The molecule has 0 aromatic heterocycles. The fraction of sp³-hybridized carbons (Fsp3) is 0.478. The van der Waals surface area contributed by atoms with Crippen LogP contribution in [0.15, 0.2) is 35.0 Å². The monoisotopic (exact) mass is 442 g/mol. The van der Waals surface area contributed by atoms with Gasteiger partial charge in [-0.1, -0.05) is 41.6 Å². The first-order chi connectivity index (χ1) is 15.1. The molecule has 0 saturated carbocycles. The van der Waals surface area contributed by atoms with Gasteiger partial charge in [0.2, 0.25) is 0 Å². The highest BCUT2D eigenvalue weighted by molar-refractivity contribution is 6.47. The third-order valence-corrected chi connectivity index (χ3v) is 6.25. The van der Waals surface area contributed by atoms with Gasteiger partial charge in [0.1, 0.15) is 10.7 Å². The number of halogens is 1. The number of benzene rings is 1. The van der Waals surface area contributed by atoms with Gasteiger partial charge in [0.05, 0.1) is 26.3 Å². The summed E-state index contributed by atoms with van der Waals surface area (Å²) in [6, 6.07) is 8.44. The number of rotatable bonds is 4. The van der Waals surface area contributed by atoms with E-state index in [9.17, 15) is 9.59 Å². The van der Waals surface area contributed by atoms with Crippen LogP contribution in [0.25, 0.3) is 0 Å². The van der Waals surface area contributed by atoms with Crippen LogP contribution in [-0.4, -0.2) is 92.1 Å². The summed E-state index contributed by atoms with van der Waals surface area (Å²) in [4.78, 5) is 32.8. The lowest BCUT2D eigenvalue weighted by Crippen LogP contribution is -2.46. The van der Waals surface area contributed by atoms with Crippen molar-refractivity contribution in [2.45, 2.75) is 6.92 Å². The zero-order chi connectivity index (χ0) is 21.8. The number of anilines is 1. The Kier molecular flexibility index (Phi) is 6.81. The average molecular weight is 443 g/mol. The number of ether oxygens (including phenoxy) is 1. The van der Waals surface area contributed by atoms with Gasteiger partial charge in [-0.3, -0.25) is 19.4 Å². The topological polar surface area (TPSA) is 56.3 Å². The van der Waals surface area contributed by atoms with Gasteiger partial charge in [0.25, 0.3) is 11.8 Å². The summed E-state index contributed by atoms with van der Waals surface area (Å²) >= 11 is 6.19. The van der Waals surface area contributed by atoms with E-state index in [4.69, 9.17) is 16.3 Å². The first-order valence-electron chi connectivity index (χ1n) is 10.6. The Morgan fingerprint density at radius 3 is 2.29 bits per heavy atom. The summed E-state index contributed by atoms with van der Waals surface area (Å²) in [5, 5.41) is -0.0129. The Bertz CT molecular complexity index is 938. The predicted molar refractivity (Wildman–Crippen MR) is 120 cm³/mol. The number of carbonyl (C=O) groups excluding carboxylic acids is 2. The minimum absolute atomic E-state index is 0.0129. The van der Waals surface area contributed by atoms with Gasteiger partial charge in [0, 0.05) is 45.0 Å². The summed E-state index contributed by atoms with van der Waals surface area (Å²) in [5.74, 6) is 5.27. The van der Waals surface area contributed by atoms with Crippen molar-refractivity contribution >= 4 is 29.1 Å². The number of aryl methyl sites for hydroxylation is 1. The number of hydrogen-bond acceptors (Lipinski definition) is 6. The highest BCUT2D eigenvalue weighted by Gasteiger charge is 2.40. The molecule has 0 bridgehead atoms. The molecular weight excluding hydrogens is 416 g/mol. The van der Waals surface area contributed by atoms with Gasteiger partial charge in [-0.2, -0.15) is 0 Å². The van der Waals surface area contributed by atoms with Gasteiger partial charge < -0.3 is 14.5 Å². The van der Waals surface area contributed by atoms with E-state index in [1.807, 2.05) is 4.90 Å². The Morgan fingerprint density at radius 1 is 0.903 bits per heavy atom. The normalized spacial score (nSPS) is 20.4. The fourth-order valence-corrected chi connectivity index (χ4v) is 4.41. The van der Waals surface area contributed by atoms with Gasteiger partial charge in [-0.25, -0.2) is 0 Å². The maximum atomic E-state index is 12.7. The van der Waals surface area contributed by atoms with E-state index in [0.29, 0.717) is 32.8 Å². The summed E-state index contributed by atoms with van der Waals surface area (Å²) in [7, 11) is 0. The zero-order valence-corrected chi connectivity index (χ0v) is 18.5. The number of nitrogens with zero attached hydrogens (tertiary/aromatic N) is 4. The standard InChI is InChI=1S/C23H27ClN4O3/c1-18-6-2-3-7-19(18)26-12-10-25(11-13-26)8-4-5-9-28-22(29)20(24)21(23(28)30)27-14-16-31-17-15-27/h2-3,6-7H,8-17H2,1H3. The number of imide groups is 1. The molecule has 164 valence electrons. The van der Waals surface area contributed by atoms with Crippen LogP contribution in [0.4, 0.5) is 5.69 Å². The molecular formula is C23H27ClN4O3. The van der Waals surface area contributed by atoms with Crippen LogP contribution in [0.1, 0.15) is 5.56 Å². The number of carbonyl (C=O) groups is 2. The van der Waals surface area contributed by atoms with E-state index < -0.39 is 5.91 Å². The largest absolute Gasteiger partial charge is 0.378 e. The molecule has 1 aromatic carbocycles. The van der Waals surface area contributed by atoms with E-state index in [1.165, 1.54) is 11.3 Å². The molecule has 0 aliphatic carbocycles. The van der Waals surface area contributed by atoms with E-state index in [-0.39, 0.29) is 23.2 Å². The predicted octanol–water partition coefficient (Wildman–Crippen LogP) is 1.27. The molecule has 31 heavy (non-hydrogen) atoms. The molecule has 2 amide bonds. The van der Waals surface area contributed by atoms with Crippen LogP contribution in [0.5, 0.6) is 0 Å². The van der Waals surface area contributed by atoms with Crippen LogP contribution in [0.2, 0.25) is 0 Å². The van der Waals surface area contributed by atoms with Crippen molar-refractivity contribution in [3.8, 4) is 11.8 Å². The Morgan fingerprint density at radius 2 is 1.58 bits per heavy atom. The molecule has 3 aliphatic rings. The molecule has 3 aliphatic heterocycles. The van der Waals surface area contributed by atoms with Crippen molar-refractivity contribution in [1.29, 1.82) is 0 Å². The van der Waals surface area contributed by atoms with E-state index in [0.717, 1.165) is 31.1 Å². The van der Waals surface area contributed by atoms with Crippen molar-refractivity contribution in [2.24, 2.45) is 0 Å². The van der Waals surface area contributed by atoms with Crippen molar-refractivity contribution in [1.82, 2.24) is 14.7 Å². The molecule has 0 radical (unpaired) electrons. The third kappa shape index (κ3) is 4.72. The number of hydrogen-bond donors (Lipinski definition) is 0. The molecule has 2 fully saturated rings. The molecule has 8 heteroatoms. The Labute approximate surface area is 188 Å². The zero-order valence-electron chi connectivity index (χ0n) is 17.8. The van der Waals surface area contributed by atoms with E-state index in [1.54, 1.807) is 0 Å². The van der Waals surface area contributed by atoms with Crippen LogP contribution in [-0.2, 0) is 14.3 Å². The highest BCUT2D eigenvalue weighted by atomic mass is 35.5. The molecule has 7 nitrogen and oxygen atoms in total. The van der Waals surface area contributed by atoms with Crippen molar-refractivity contribution in [2.75, 3.05) is 70.5 Å². The number of para-hydroxylation sites is 1. The van der Waals surface area contributed by atoms with Crippen molar-refractivity contribution in [3.63, 3.8) is 0 Å². The molecule has 0 N–H and O–H groups in total. The number of piperazine rings is 1. The lowest BCUT2D eigenvalue weighted by Gasteiger charge is -2.36. The van der Waals surface area contributed by atoms with Crippen LogP contribution < -0.4 is 4.90 Å². The summed E-state index contributed by atoms with van der Waals surface area (Å²) < 4.78 is 5.31. The van der Waals surface area contributed by atoms with Crippen LogP contribution in [0, 0.1) is 18.8 Å². The second-order valence-corrected chi connectivity index (χ2v) is 8.24. The molecule has 2 saturated heterocycles. The van der Waals surface area contributed by atoms with Gasteiger partial charge in [0.15, 0.2) is 0 Å². The third-order valence-electron chi connectivity index (χ3n) is 5.91.